The van der Waals surface area contributed by atoms with Gasteiger partial charge in [-0.3, -0.25) is 4.79 Å². The van der Waals surface area contributed by atoms with Crippen LogP contribution < -0.4 is 14.8 Å². The molecule has 7 heteroatoms. The lowest BCUT2D eigenvalue weighted by Crippen LogP contribution is -2.44. The zero-order chi connectivity index (χ0) is 20.2. The minimum atomic E-state index is -1.11. The molecule has 7 nitrogen and oxygen atoms in total. The van der Waals surface area contributed by atoms with Crippen molar-refractivity contribution in [3.63, 3.8) is 0 Å². The summed E-state index contributed by atoms with van der Waals surface area (Å²) in [6.45, 7) is 9.58. The Hall–Kier alpha value is -2.28. The van der Waals surface area contributed by atoms with Crippen molar-refractivity contribution >= 4 is 11.9 Å². The number of fused-ring (bicyclic) bond motifs is 1. The molecule has 2 rings (SSSR count). The average molecular weight is 379 g/mol. The van der Waals surface area contributed by atoms with E-state index < -0.39 is 17.9 Å². The molecule has 1 aliphatic rings. The highest BCUT2D eigenvalue weighted by Gasteiger charge is 2.32. The predicted molar refractivity (Wildman–Crippen MR) is 100 cm³/mol. The van der Waals surface area contributed by atoms with Gasteiger partial charge in [-0.05, 0) is 40.7 Å². The molecule has 1 amide bonds. The monoisotopic (exact) mass is 379 g/mol. The van der Waals surface area contributed by atoms with E-state index in [1.165, 1.54) is 0 Å². The molecule has 1 atom stereocenters. The second-order valence-electron chi connectivity index (χ2n) is 8.28. The zero-order valence-corrected chi connectivity index (χ0v) is 16.6. The van der Waals surface area contributed by atoms with Crippen molar-refractivity contribution in [1.29, 1.82) is 0 Å². The van der Waals surface area contributed by atoms with Crippen LogP contribution in [0.2, 0.25) is 0 Å². The van der Waals surface area contributed by atoms with Crippen LogP contribution in [0, 0.1) is 0 Å². The maximum absolute atomic E-state index is 12.1. The van der Waals surface area contributed by atoms with Gasteiger partial charge in [-0.1, -0.05) is 12.1 Å². The van der Waals surface area contributed by atoms with Gasteiger partial charge in [0, 0.05) is 25.0 Å². The van der Waals surface area contributed by atoms with Gasteiger partial charge in [0.1, 0.15) is 11.6 Å². The van der Waals surface area contributed by atoms with Gasteiger partial charge in [0.25, 0.3) is 5.91 Å². The highest BCUT2D eigenvalue weighted by atomic mass is 16.5. The van der Waals surface area contributed by atoms with Crippen molar-refractivity contribution in [2.45, 2.75) is 64.7 Å². The molecule has 0 bridgehead atoms. The summed E-state index contributed by atoms with van der Waals surface area (Å²) in [6, 6.07) is 4.52. The summed E-state index contributed by atoms with van der Waals surface area (Å²) >= 11 is 0. The minimum Gasteiger partial charge on any atom is -0.483 e. The number of nitrogens with one attached hydrogen (secondary N) is 1. The van der Waals surface area contributed by atoms with E-state index in [9.17, 15) is 14.7 Å². The number of carbonyl (C=O) groups is 2. The first-order valence-corrected chi connectivity index (χ1v) is 9.07. The molecule has 2 N–H and O–H groups in total. The molecule has 27 heavy (non-hydrogen) atoms. The molecule has 0 fully saturated rings. The Bertz CT molecular complexity index is 692. The van der Waals surface area contributed by atoms with Crippen LogP contribution in [-0.4, -0.2) is 47.4 Å². The van der Waals surface area contributed by atoms with E-state index in [0.717, 1.165) is 12.0 Å². The molecule has 150 valence electrons. The van der Waals surface area contributed by atoms with Crippen molar-refractivity contribution in [1.82, 2.24) is 5.32 Å². The van der Waals surface area contributed by atoms with Gasteiger partial charge in [-0.15, -0.1) is 0 Å². The van der Waals surface area contributed by atoms with E-state index >= 15 is 0 Å². The number of carbonyl (C=O) groups excluding carboxylic acids is 1. The van der Waals surface area contributed by atoms with Gasteiger partial charge >= 0.3 is 5.97 Å². The minimum absolute atomic E-state index is 0.177. The SMILES string of the molecule is CC(C)(C)OCCC(NC(=O)COc1cccc2c1OC(C)(C)C2)C(=O)O. The van der Waals surface area contributed by atoms with Gasteiger partial charge in [0.2, 0.25) is 0 Å². The number of hydrogen-bond donors (Lipinski definition) is 2. The highest BCUT2D eigenvalue weighted by molar-refractivity contribution is 5.84. The van der Waals surface area contributed by atoms with Gasteiger partial charge in [0.05, 0.1) is 5.60 Å². The van der Waals surface area contributed by atoms with E-state index in [4.69, 9.17) is 14.2 Å². The molecular formula is C20H29NO6. The first kappa shape index (κ1) is 21.0. The second-order valence-corrected chi connectivity index (χ2v) is 8.28. The van der Waals surface area contributed by atoms with Crippen LogP contribution in [0.25, 0.3) is 0 Å². The average Bonchev–Trinajstić information content (AvgIpc) is 2.85. The topological polar surface area (TPSA) is 94.1 Å². The number of carboxylic acid groups (broad SMARTS) is 1. The molecule has 0 radical (unpaired) electrons. The smallest absolute Gasteiger partial charge is 0.326 e. The number of para-hydroxylation sites is 1. The van der Waals surface area contributed by atoms with Gasteiger partial charge in [0.15, 0.2) is 18.1 Å². The molecule has 0 saturated carbocycles. The fraction of sp³-hybridized carbons (Fsp3) is 0.600. The maximum Gasteiger partial charge on any atom is 0.326 e. The largest absolute Gasteiger partial charge is 0.483 e. The van der Waals surface area contributed by atoms with Crippen LogP contribution in [0.4, 0.5) is 0 Å². The number of hydrogen-bond acceptors (Lipinski definition) is 5. The molecule has 0 spiro atoms. The van der Waals surface area contributed by atoms with E-state index in [-0.39, 0.29) is 30.8 Å². The third kappa shape index (κ3) is 6.43. The molecule has 1 aromatic carbocycles. The normalized spacial score (nSPS) is 16.2. The van der Waals surface area contributed by atoms with Crippen molar-refractivity contribution in [3.05, 3.63) is 23.8 Å². The quantitative estimate of drug-likeness (QED) is 0.721. The fourth-order valence-electron chi connectivity index (χ4n) is 2.82. The summed E-state index contributed by atoms with van der Waals surface area (Å²) in [5.41, 5.74) is 0.351. The first-order chi connectivity index (χ1) is 12.5. The Kier molecular flexibility index (Phi) is 6.36. The Labute approximate surface area is 160 Å². The summed E-state index contributed by atoms with van der Waals surface area (Å²) in [7, 11) is 0. The van der Waals surface area contributed by atoms with Crippen LogP contribution >= 0.6 is 0 Å². The highest BCUT2D eigenvalue weighted by Crippen LogP contribution is 2.41. The van der Waals surface area contributed by atoms with Crippen LogP contribution in [-0.2, 0) is 20.7 Å². The number of ether oxygens (including phenoxy) is 3. The molecule has 0 saturated heterocycles. The van der Waals surface area contributed by atoms with Crippen molar-refractivity contribution in [2.24, 2.45) is 0 Å². The van der Waals surface area contributed by atoms with Crippen LogP contribution in [0.5, 0.6) is 11.5 Å². The Morgan fingerprint density at radius 3 is 2.67 bits per heavy atom. The number of aliphatic carboxylic acids is 1. The number of benzene rings is 1. The fourth-order valence-corrected chi connectivity index (χ4v) is 2.82. The maximum atomic E-state index is 12.1. The van der Waals surface area contributed by atoms with Gasteiger partial charge in [-0.25, -0.2) is 4.79 Å². The van der Waals surface area contributed by atoms with Crippen LogP contribution in [0.15, 0.2) is 18.2 Å². The zero-order valence-electron chi connectivity index (χ0n) is 16.6. The lowest BCUT2D eigenvalue weighted by molar-refractivity contribution is -0.143. The Morgan fingerprint density at radius 2 is 2.04 bits per heavy atom. The van der Waals surface area contributed by atoms with Crippen molar-refractivity contribution < 1.29 is 28.9 Å². The van der Waals surface area contributed by atoms with Crippen LogP contribution in [0.1, 0.15) is 46.6 Å². The second kappa shape index (κ2) is 8.17. The summed E-state index contributed by atoms with van der Waals surface area (Å²) in [6.07, 6.45) is 0.941. The van der Waals surface area contributed by atoms with Crippen molar-refractivity contribution in [2.75, 3.05) is 13.2 Å². The number of rotatable bonds is 8. The molecule has 1 aliphatic heterocycles. The molecule has 1 unspecified atom stereocenters. The number of amides is 1. The standard InChI is InChI=1S/C20H29NO6/c1-19(2,3)26-10-9-14(18(23)24)21-16(22)12-25-15-8-6-7-13-11-20(4,5)27-17(13)15/h6-8,14H,9-12H2,1-5H3,(H,21,22)(H,23,24). The van der Waals surface area contributed by atoms with E-state index in [0.29, 0.717) is 11.5 Å². The first-order valence-electron chi connectivity index (χ1n) is 9.07. The van der Waals surface area contributed by atoms with E-state index in [2.05, 4.69) is 5.32 Å². The van der Waals surface area contributed by atoms with Crippen molar-refractivity contribution in [3.8, 4) is 11.5 Å². The lowest BCUT2D eigenvalue weighted by atomic mass is 10.0. The van der Waals surface area contributed by atoms with Gasteiger partial charge in [-0.2, -0.15) is 0 Å². The van der Waals surface area contributed by atoms with Gasteiger partial charge < -0.3 is 24.6 Å². The van der Waals surface area contributed by atoms with E-state index in [1.807, 2.05) is 46.8 Å². The predicted octanol–water partition coefficient (Wildman–Crippen LogP) is 2.55. The summed E-state index contributed by atoms with van der Waals surface area (Å²) in [5.74, 6) is -0.487. The molecule has 0 aromatic heterocycles. The Balaban J connectivity index is 1.88. The summed E-state index contributed by atoms with van der Waals surface area (Å²) in [4.78, 5) is 23.5. The molecular weight excluding hydrogens is 350 g/mol. The molecule has 1 aromatic rings. The third-order valence-electron chi connectivity index (χ3n) is 3.99. The van der Waals surface area contributed by atoms with Crippen LogP contribution in [0.3, 0.4) is 0 Å². The Morgan fingerprint density at radius 1 is 1.33 bits per heavy atom. The third-order valence-corrected chi connectivity index (χ3v) is 3.99. The molecule has 1 heterocycles. The lowest BCUT2D eigenvalue weighted by Gasteiger charge is -2.21. The molecule has 0 aliphatic carbocycles. The summed E-state index contributed by atoms with van der Waals surface area (Å²) < 4.78 is 17.0. The summed E-state index contributed by atoms with van der Waals surface area (Å²) in [5, 5.41) is 11.8. The van der Waals surface area contributed by atoms with E-state index in [1.54, 1.807) is 6.07 Å². The number of carboxylic acids is 1.